The molecule has 1 fully saturated rings. The zero-order chi connectivity index (χ0) is 21.5. The second-order valence-corrected chi connectivity index (χ2v) is 8.66. The van der Waals surface area contributed by atoms with Crippen molar-refractivity contribution in [2.75, 3.05) is 19.6 Å². The van der Waals surface area contributed by atoms with E-state index in [0.29, 0.717) is 18.7 Å². The average molecular weight is 417 g/mol. The fourth-order valence-electron chi connectivity index (χ4n) is 4.59. The molecule has 1 aliphatic heterocycles. The number of piperidine rings is 1. The molecule has 4 rings (SSSR count). The van der Waals surface area contributed by atoms with Crippen LogP contribution in [0.4, 0.5) is 0 Å². The van der Waals surface area contributed by atoms with E-state index < -0.39 is 0 Å². The molecule has 2 aromatic carbocycles. The molecule has 1 N–H and O–H groups in total. The van der Waals surface area contributed by atoms with Crippen molar-refractivity contribution in [1.29, 1.82) is 0 Å². The number of rotatable bonds is 6. The molecule has 1 aliphatic carbocycles. The van der Waals surface area contributed by atoms with Crippen LogP contribution in [0.1, 0.15) is 55.3 Å². The van der Waals surface area contributed by atoms with Crippen molar-refractivity contribution >= 4 is 11.8 Å². The van der Waals surface area contributed by atoms with Crippen LogP contribution in [0.15, 0.2) is 66.2 Å². The van der Waals surface area contributed by atoms with Crippen molar-refractivity contribution in [2.24, 2.45) is 5.92 Å². The van der Waals surface area contributed by atoms with Crippen LogP contribution in [0.2, 0.25) is 0 Å². The quantitative estimate of drug-likeness (QED) is 0.657. The van der Waals surface area contributed by atoms with E-state index in [1.54, 1.807) is 0 Å². The number of allylic oxidation sites excluding steroid dienone is 1. The third-order valence-electron chi connectivity index (χ3n) is 6.52. The zero-order valence-electron chi connectivity index (χ0n) is 18.2. The summed E-state index contributed by atoms with van der Waals surface area (Å²) >= 11 is 0. The zero-order valence-corrected chi connectivity index (χ0v) is 18.2. The summed E-state index contributed by atoms with van der Waals surface area (Å²) in [5, 5.41) is 3.11. The monoisotopic (exact) mass is 416 g/mol. The van der Waals surface area contributed by atoms with Gasteiger partial charge < -0.3 is 10.2 Å². The lowest BCUT2D eigenvalue weighted by atomic mass is 9.94. The van der Waals surface area contributed by atoms with E-state index in [1.165, 1.54) is 31.3 Å². The van der Waals surface area contributed by atoms with E-state index in [1.807, 2.05) is 47.4 Å². The topological polar surface area (TPSA) is 49.4 Å². The van der Waals surface area contributed by atoms with Crippen LogP contribution in [0.25, 0.3) is 11.1 Å². The lowest BCUT2D eigenvalue weighted by Crippen LogP contribution is -2.43. The molecule has 0 bridgehead atoms. The first kappa shape index (κ1) is 21.4. The number of hydrogen-bond acceptors (Lipinski definition) is 2. The second kappa shape index (κ2) is 10.4. The van der Waals surface area contributed by atoms with Gasteiger partial charge in [0.15, 0.2) is 0 Å². The van der Waals surface area contributed by atoms with E-state index in [2.05, 4.69) is 23.5 Å². The van der Waals surface area contributed by atoms with E-state index in [-0.39, 0.29) is 17.7 Å². The molecule has 4 heteroatoms. The number of nitrogens with one attached hydrogen (secondary N) is 1. The molecular weight excluding hydrogens is 384 g/mol. The number of carbonyl (C=O) groups excluding carboxylic acids is 2. The molecule has 4 nitrogen and oxygen atoms in total. The first-order chi connectivity index (χ1) is 15.2. The van der Waals surface area contributed by atoms with Gasteiger partial charge in [0.2, 0.25) is 5.91 Å². The minimum absolute atomic E-state index is 0.0184. The van der Waals surface area contributed by atoms with Crippen LogP contribution in [0.5, 0.6) is 0 Å². The van der Waals surface area contributed by atoms with Crippen molar-refractivity contribution < 1.29 is 9.59 Å². The maximum absolute atomic E-state index is 12.9. The Kier molecular flexibility index (Phi) is 7.18. The molecule has 0 unspecified atom stereocenters. The molecule has 31 heavy (non-hydrogen) atoms. The van der Waals surface area contributed by atoms with Crippen LogP contribution in [0, 0.1) is 5.92 Å². The van der Waals surface area contributed by atoms with Gasteiger partial charge in [-0.25, -0.2) is 0 Å². The molecule has 0 spiro atoms. The number of carbonyl (C=O) groups is 2. The maximum atomic E-state index is 12.9. The smallest absolute Gasteiger partial charge is 0.253 e. The van der Waals surface area contributed by atoms with E-state index in [9.17, 15) is 9.59 Å². The fraction of sp³-hybridized carbons (Fsp3) is 0.407. The normalized spacial score (nSPS) is 17.2. The number of likely N-dealkylation sites (tertiary alicyclic amines) is 1. The lowest BCUT2D eigenvalue weighted by molar-refractivity contribution is -0.126. The van der Waals surface area contributed by atoms with Gasteiger partial charge in [0.25, 0.3) is 5.91 Å². The largest absolute Gasteiger partial charge is 0.356 e. The third-order valence-corrected chi connectivity index (χ3v) is 6.52. The summed E-state index contributed by atoms with van der Waals surface area (Å²) in [6, 6.07) is 18.0. The number of amides is 2. The molecule has 0 saturated carbocycles. The van der Waals surface area contributed by atoms with Gasteiger partial charge in [-0.2, -0.15) is 0 Å². The van der Waals surface area contributed by atoms with Gasteiger partial charge in [0, 0.05) is 31.1 Å². The Balaban J connectivity index is 1.24. The summed E-state index contributed by atoms with van der Waals surface area (Å²) in [5.74, 6) is 0.225. The standard InChI is InChI=1S/C27H32N2O2/c30-26(28-18-15-21-7-3-1-4-8-21)24-16-19-29(20-17-24)27(31)25-13-11-23(12-14-25)22-9-5-2-6-10-22/h2,5-7,9-14,24H,1,3-4,8,15-20H2,(H,28,30). The molecule has 0 atom stereocenters. The van der Waals surface area contributed by atoms with Crippen LogP contribution in [0.3, 0.4) is 0 Å². The molecule has 0 radical (unpaired) electrons. The van der Waals surface area contributed by atoms with Gasteiger partial charge in [-0.3, -0.25) is 9.59 Å². The van der Waals surface area contributed by atoms with E-state index in [4.69, 9.17) is 0 Å². The Hall–Kier alpha value is -2.88. The molecule has 0 aromatic heterocycles. The van der Waals surface area contributed by atoms with Crippen LogP contribution in [-0.4, -0.2) is 36.3 Å². The van der Waals surface area contributed by atoms with Crippen molar-refractivity contribution in [3.63, 3.8) is 0 Å². The summed E-state index contributed by atoms with van der Waals surface area (Å²) in [7, 11) is 0. The lowest BCUT2D eigenvalue weighted by Gasteiger charge is -2.31. The van der Waals surface area contributed by atoms with Crippen molar-refractivity contribution in [3.8, 4) is 11.1 Å². The highest BCUT2D eigenvalue weighted by atomic mass is 16.2. The highest BCUT2D eigenvalue weighted by Crippen LogP contribution is 2.23. The Morgan fingerprint density at radius 1 is 0.903 bits per heavy atom. The van der Waals surface area contributed by atoms with Crippen LogP contribution >= 0.6 is 0 Å². The molecule has 2 amide bonds. The molecule has 1 heterocycles. The number of benzene rings is 2. The van der Waals surface area contributed by atoms with Gasteiger partial charge in [-0.15, -0.1) is 0 Å². The van der Waals surface area contributed by atoms with Crippen molar-refractivity contribution in [2.45, 2.75) is 44.9 Å². The van der Waals surface area contributed by atoms with Gasteiger partial charge >= 0.3 is 0 Å². The van der Waals surface area contributed by atoms with Crippen molar-refractivity contribution in [3.05, 3.63) is 71.8 Å². The molecule has 2 aliphatic rings. The summed E-state index contributed by atoms with van der Waals surface area (Å²) in [4.78, 5) is 27.3. The Morgan fingerprint density at radius 2 is 1.61 bits per heavy atom. The van der Waals surface area contributed by atoms with Crippen LogP contribution < -0.4 is 5.32 Å². The number of hydrogen-bond donors (Lipinski definition) is 1. The second-order valence-electron chi connectivity index (χ2n) is 8.66. The third kappa shape index (κ3) is 5.63. The average Bonchev–Trinajstić information content (AvgIpc) is 2.85. The molecule has 1 saturated heterocycles. The maximum Gasteiger partial charge on any atom is 0.253 e. The Labute approximate surface area is 185 Å². The first-order valence-electron chi connectivity index (χ1n) is 11.6. The Bertz CT molecular complexity index is 910. The minimum Gasteiger partial charge on any atom is -0.356 e. The predicted octanol–water partition coefficient (Wildman–Crippen LogP) is 5.21. The summed E-state index contributed by atoms with van der Waals surface area (Å²) < 4.78 is 0. The van der Waals surface area contributed by atoms with Gasteiger partial charge in [0.05, 0.1) is 0 Å². The highest BCUT2D eigenvalue weighted by Gasteiger charge is 2.27. The number of nitrogens with zero attached hydrogens (tertiary/aromatic N) is 1. The Morgan fingerprint density at radius 3 is 2.29 bits per heavy atom. The van der Waals surface area contributed by atoms with Gasteiger partial charge in [-0.1, -0.05) is 54.1 Å². The predicted molar refractivity (Wildman–Crippen MR) is 125 cm³/mol. The summed E-state index contributed by atoms with van der Waals surface area (Å²) in [5.41, 5.74) is 4.46. The molecule has 2 aromatic rings. The highest BCUT2D eigenvalue weighted by molar-refractivity contribution is 5.95. The summed E-state index contributed by atoms with van der Waals surface area (Å²) in [6.07, 6.45) is 9.73. The van der Waals surface area contributed by atoms with Crippen LogP contribution in [-0.2, 0) is 4.79 Å². The van der Waals surface area contributed by atoms with E-state index >= 15 is 0 Å². The first-order valence-corrected chi connectivity index (χ1v) is 11.6. The van der Waals surface area contributed by atoms with Gasteiger partial charge in [-0.05, 0) is 68.2 Å². The molecular formula is C27H32N2O2. The van der Waals surface area contributed by atoms with Gasteiger partial charge in [0.1, 0.15) is 0 Å². The fourth-order valence-corrected chi connectivity index (χ4v) is 4.59. The molecule has 162 valence electrons. The minimum atomic E-state index is 0.0184. The van der Waals surface area contributed by atoms with E-state index in [0.717, 1.165) is 36.9 Å². The van der Waals surface area contributed by atoms with Crippen molar-refractivity contribution in [1.82, 2.24) is 10.2 Å². The summed E-state index contributed by atoms with van der Waals surface area (Å²) in [6.45, 7) is 2.02. The SMILES string of the molecule is O=C(NCCC1=CCCCC1)C1CCN(C(=O)c2ccc(-c3ccccc3)cc2)CC1.